The monoisotopic (exact) mass is 419 g/mol. The van der Waals surface area contributed by atoms with Gasteiger partial charge in [-0.15, -0.1) is 0 Å². The van der Waals surface area contributed by atoms with Crippen LogP contribution in [0.3, 0.4) is 0 Å². The number of carbonyl (C=O) groups excluding carboxylic acids is 1. The average molecular weight is 420 g/mol. The van der Waals surface area contributed by atoms with Gasteiger partial charge in [0, 0.05) is 24.1 Å². The Hall–Kier alpha value is -2.96. The van der Waals surface area contributed by atoms with Crippen molar-refractivity contribution in [2.45, 2.75) is 32.3 Å². The fraction of sp³-hybridized carbons (Fsp3) is 0.360. The van der Waals surface area contributed by atoms with Gasteiger partial charge in [0.1, 0.15) is 5.69 Å². The summed E-state index contributed by atoms with van der Waals surface area (Å²) in [7, 11) is 0. The summed E-state index contributed by atoms with van der Waals surface area (Å²) >= 11 is 0. The third-order valence-corrected chi connectivity index (χ3v) is 6.33. The number of rotatable bonds is 6. The third kappa shape index (κ3) is 4.13. The molecular weight excluding hydrogens is 390 g/mol. The Kier molecular flexibility index (Phi) is 6.20. The zero-order valence-electron chi connectivity index (χ0n) is 17.8. The number of hydrogen-bond acceptors (Lipinski definition) is 4. The number of piperidine rings is 1. The number of aliphatic hydroxyl groups excluding tert-OH is 2. The van der Waals surface area contributed by atoms with Crippen LogP contribution in [0, 0.1) is 5.41 Å². The Morgan fingerprint density at radius 1 is 1.13 bits per heavy atom. The Labute approximate surface area is 182 Å². The maximum Gasteiger partial charge on any atom is 0.272 e. The van der Waals surface area contributed by atoms with E-state index in [0.29, 0.717) is 18.7 Å². The average Bonchev–Trinajstić information content (AvgIpc) is 3.27. The summed E-state index contributed by atoms with van der Waals surface area (Å²) in [6.45, 7) is 2.69. The van der Waals surface area contributed by atoms with Crippen LogP contribution in [0.4, 0.5) is 0 Å². The van der Waals surface area contributed by atoms with Crippen LogP contribution in [0.2, 0.25) is 0 Å². The highest BCUT2D eigenvalue weighted by Crippen LogP contribution is 2.36. The van der Waals surface area contributed by atoms with Gasteiger partial charge in [-0.1, -0.05) is 61.9 Å². The predicted octanol–water partition coefficient (Wildman–Crippen LogP) is 3.52. The van der Waals surface area contributed by atoms with E-state index < -0.39 is 11.5 Å². The number of nitrogens with zero attached hydrogens (tertiary/aromatic N) is 3. The van der Waals surface area contributed by atoms with Gasteiger partial charge in [0.2, 0.25) is 0 Å². The van der Waals surface area contributed by atoms with E-state index in [-0.39, 0.29) is 19.1 Å². The molecule has 31 heavy (non-hydrogen) atoms. The van der Waals surface area contributed by atoms with Crippen molar-refractivity contribution in [2.75, 3.05) is 19.7 Å². The van der Waals surface area contributed by atoms with E-state index in [1.807, 2.05) is 73.7 Å². The van der Waals surface area contributed by atoms with E-state index >= 15 is 0 Å². The molecule has 6 nitrogen and oxygen atoms in total. The van der Waals surface area contributed by atoms with Gasteiger partial charge in [0.15, 0.2) is 0 Å². The molecule has 3 aromatic rings. The minimum Gasteiger partial charge on any atom is -0.396 e. The second-order valence-corrected chi connectivity index (χ2v) is 8.32. The summed E-state index contributed by atoms with van der Waals surface area (Å²) in [5, 5.41) is 25.5. The molecule has 2 aromatic carbocycles. The molecule has 0 spiro atoms. The molecule has 1 aliphatic heterocycles. The van der Waals surface area contributed by atoms with Crippen LogP contribution < -0.4 is 0 Å². The second kappa shape index (κ2) is 9.04. The van der Waals surface area contributed by atoms with Gasteiger partial charge in [-0.05, 0) is 31.0 Å². The summed E-state index contributed by atoms with van der Waals surface area (Å²) in [5.74, 6) is -0.166. The van der Waals surface area contributed by atoms with Gasteiger partial charge in [-0.25, -0.2) is 4.68 Å². The van der Waals surface area contributed by atoms with Crippen molar-refractivity contribution in [2.24, 2.45) is 5.41 Å². The lowest BCUT2D eigenvalue weighted by molar-refractivity contribution is -0.0714. The molecule has 1 aromatic heterocycles. The molecule has 1 aliphatic rings. The molecule has 0 aliphatic carbocycles. The van der Waals surface area contributed by atoms with Crippen molar-refractivity contribution in [3.63, 3.8) is 0 Å². The Morgan fingerprint density at radius 2 is 1.81 bits per heavy atom. The first kappa shape index (κ1) is 21.3. The maximum atomic E-state index is 13.5. The Morgan fingerprint density at radius 3 is 2.42 bits per heavy atom. The van der Waals surface area contributed by atoms with Crippen LogP contribution in [0.15, 0.2) is 66.7 Å². The molecule has 1 saturated heterocycles. The number of carbonyl (C=O) groups is 1. The molecule has 1 fully saturated rings. The fourth-order valence-electron chi connectivity index (χ4n) is 4.47. The normalized spacial score (nSPS) is 21.3. The van der Waals surface area contributed by atoms with Crippen LogP contribution in [-0.4, -0.2) is 56.6 Å². The predicted molar refractivity (Wildman–Crippen MR) is 120 cm³/mol. The molecule has 0 saturated carbocycles. The smallest absolute Gasteiger partial charge is 0.272 e. The van der Waals surface area contributed by atoms with E-state index in [1.54, 1.807) is 9.58 Å². The summed E-state index contributed by atoms with van der Waals surface area (Å²) in [6.07, 6.45) is 1.45. The molecular formula is C25H29N3O3. The molecule has 0 unspecified atom stereocenters. The van der Waals surface area contributed by atoms with Crippen molar-refractivity contribution in [1.82, 2.24) is 14.7 Å². The molecule has 162 valence electrons. The van der Waals surface area contributed by atoms with E-state index in [2.05, 4.69) is 0 Å². The summed E-state index contributed by atoms with van der Waals surface area (Å²) in [5.41, 5.74) is 2.40. The Balaban J connectivity index is 1.67. The molecule has 2 atom stereocenters. The zero-order chi connectivity index (χ0) is 21.8. The largest absolute Gasteiger partial charge is 0.396 e. The summed E-state index contributed by atoms with van der Waals surface area (Å²) in [4.78, 5) is 15.2. The van der Waals surface area contributed by atoms with E-state index in [1.165, 1.54) is 0 Å². The first-order valence-electron chi connectivity index (χ1n) is 10.9. The minimum atomic E-state index is -0.753. The highest BCUT2D eigenvalue weighted by Gasteiger charge is 2.42. The lowest BCUT2D eigenvalue weighted by atomic mass is 9.73. The lowest BCUT2D eigenvalue weighted by Crippen LogP contribution is -2.54. The van der Waals surface area contributed by atoms with Crippen LogP contribution >= 0.6 is 0 Å². The van der Waals surface area contributed by atoms with Crippen molar-refractivity contribution in [3.05, 3.63) is 72.4 Å². The van der Waals surface area contributed by atoms with Gasteiger partial charge < -0.3 is 15.1 Å². The quantitative estimate of drug-likeness (QED) is 0.641. The van der Waals surface area contributed by atoms with Crippen molar-refractivity contribution < 1.29 is 15.0 Å². The SMILES string of the molecule is CCC[C@]1(CO)CCN(C(=O)c2cc(-c3ccccc3)nn2-c2ccccc2)C[C@@H]1O. The number of aromatic nitrogens is 2. The number of benzene rings is 2. The van der Waals surface area contributed by atoms with Gasteiger partial charge in [-0.2, -0.15) is 5.10 Å². The van der Waals surface area contributed by atoms with Crippen molar-refractivity contribution >= 4 is 5.91 Å². The molecule has 0 bridgehead atoms. The molecule has 2 N–H and O–H groups in total. The lowest BCUT2D eigenvalue weighted by Gasteiger charge is -2.44. The van der Waals surface area contributed by atoms with Gasteiger partial charge in [0.25, 0.3) is 5.91 Å². The highest BCUT2D eigenvalue weighted by molar-refractivity contribution is 5.94. The number of likely N-dealkylation sites (tertiary alicyclic amines) is 1. The van der Waals surface area contributed by atoms with Crippen LogP contribution in [-0.2, 0) is 0 Å². The second-order valence-electron chi connectivity index (χ2n) is 8.32. The molecule has 4 rings (SSSR count). The number of amides is 1. The molecule has 1 amide bonds. The van der Waals surface area contributed by atoms with E-state index in [4.69, 9.17) is 5.10 Å². The van der Waals surface area contributed by atoms with Gasteiger partial charge in [-0.3, -0.25) is 4.79 Å². The van der Waals surface area contributed by atoms with E-state index in [9.17, 15) is 15.0 Å². The molecule has 2 heterocycles. The number of para-hydroxylation sites is 1. The first-order valence-corrected chi connectivity index (χ1v) is 10.9. The Bertz CT molecular complexity index is 1020. The number of hydrogen-bond donors (Lipinski definition) is 2. The van der Waals surface area contributed by atoms with Crippen LogP contribution in [0.5, 0.6) is 0 Å². The fourth-order valence-corrected chi connectivity index (χ4v) is 4.47. The summed E-state index contributed by atoms with van der Waals surface area (Å²) in [6, 6.07) is 21.2. The minimum absolute atomic E-state index is 0.0653. The standard InChI is InChI=1S/C25H29N3O3/c1-2-13-25(18-29)14-15-27(17-23(25)30)24(31)22-16-21(19-9-5-3-6-10-19)26-28(22)20-11-7-4-8-12-20/h3-12,16,23,29-30H,2,13-15,17-18H2,1H3/t23-,25+/m0/s1. The first-order chi connectivity index (χ1) is 15.1. The third-order valence-electron chi connectivity index (χ3n) is 6.33. The number of β-amino-alcohol motifs (C(OH)–C–C–N with tert-alkyl or cyclic N) is 1. The van der Waals surface area contributed by atoms with Crippen molar-refractivity contribution in [1.29, 1.82) is 0 Å². The van der Waals surface area contributed by atoms with Gasteiger partial charge in [0.05, 0.1) is 24.1 Å². The molecule has 6 heteroatoms. The molecule has 0 radical (unpaired) electrons. The van der Waals surface area contributed by atoms with Crippen LogP contribution in [0.25, 0.3) is 16.9 Å². The van der Waals surface area contributed by atoms with Gasteiger partial charge >= 0.3 is 0 Å². The zero-order valence-corrected chi connectivity index (χ0v) is 17.8. The number of aliphatic hydroxyl groups is 2. The summed E-state index contributed by atoms with van der Waals surface area (Å²) < 4.78 is 1.68. The maximum absolute atomic E-state index is 13.5. The van der Waals surface area contributed by atoms with Crippen LogP contribution in [0.1, 0.15) is 36.7 Å². The highest BCUT2D eigenvalue weighted by atomic mass is 16.3. The van der Waals surface area contributed by atoms with E-state index in [0.717, 1.165) is 29.8 Å². The van der Waals surface area contributed by atoms with Crippen molar-refractivity contribution in [3.8, 4) is 16.9 Å². The topological polar surface area (TPSA) is 78.6 Å².